The molecule has 1 aliphatic rings. The molecule has 1 heterocycles. The fraction of sp³-hybridized carbons (Fsp3) is 0.929. The van der Waals surface area contributed by atoms with Gasteiger partial charge in [0.2, 0.25) is 5.91 Å². The molecule has 20 heavy (non-hydrogen) atoms. The van der Waals surface area contributed by atoms with Crippen LogP contribution in [0, 0.1) is 11.8 Å². The van der Waals surface area contributed by atoms with E-state index in [1.807, 2.05) is 27.7 Å². The van der Waals surface area contributed by atoms with E-state index in [0.29, 0.717) is 0 Å². The maximum atomic E-state index is 12.6. The molecule has 0 radical (unpaired) electrons. The summed E-state index contributed by atoms with van der Waals surface area (Å²) in [5.74, 6) is -0.00896. The molecule has 3 nitrogen and oxygen atoms in total. The molecular weight excluding hydrogens is 269 g/mol. The van der Waals surface area contributed by atoms with Crippen molar-refractivity contribution < 1.29 is 18.0 Å². The lowest BCUT2D eigenvalue weighted by atomic mass is 9.99. The number of carbonyl (C=O) groups is 1. The van der Waals surface area contributed by atoms with Gasteiger partial charge in [-0.25, -0.2) is 0 Å². The molecular formula is C14H25F3N2O. The first-order chi connectivity index (χ1) is 9.08. The second kappa shape index (κ2) is 6.33. The largest absolute Gasteiger partial charge is 0.391 e. The number of hydrogen-bond acceptors (Lipinski definition) is 2. The molecule has 1 N–H and O–H groups in total. The molecule has 0 aromatic heterocycles. The molecule has 4 unspecified atom stereocenters. The fourth-order valence-corrected chi connectivity index (χ4v) is 2.71. The number of rotatable bonds is 5. The van der Waals surface area contributed by atoms with Crippen LogP contribution >= 0.6 is 0 Å². The van der Waals surface area contributed by atoms with Crippen molar-refractivity contribution in [3.63, 3.8) is 0 Å². The number of carbonyl (C=O) groups excluding carboxylic acids is 1. The second-order valence-electron chi connectivity index (χ2n) is 6.13. The highest BCUT2D eigenvalue weighted by atomic mass is 19.4. The SMILES string of the molecule is CCC(C)C1NC(C(C)C)N(C(C)CC(F)(F)F)C1=O. The van der Waals surface area contributed by atoms with Gasteiger partial charge in [0.1, 0.15) is 0 Å². The van der Waals surface area contributed by atoms with Crippen molar-refractivity contribution in [2.24, 2.45) is 11.8 Å². The van der Waals surface area contributed by atoms with Gasteiger partial charge in [0.25, 0.3) is 0 Å². The lowest BCUT2D eigenvalue weighted by Gasteiger charge is -2.33. The molecule has 0 aromatic rings. The summed E-state index contributed by atoms with van der Waals surface area (Å²) in [6.07, 6.45) is -4.72. The highest BCUT2D eigenvalue weighted by Crippen LogP contribution is 2.30. The van der Waals surface area contributed by atoms with Crippen molar-refractivity contribution in [2.75, 3.05) is 0 Å². The molecule has 0 aromatic carbocycles. The average Bonchev–Trinajstić information content (AvgIpc) is 2.64. The van der Waals surface area contributed by atoms with Gasteiger partial charge in [-0.05, 0) is 18.8 Å². The predicted octanol–water partition coefficient (Wildman–Crippen LogP) is 3.16. The Bertz CT molecular complexity index is 344. The van der Waals surface area contributed by atoms with E-state index in [2.05, 4.69) is 5.32 Å². The van der Waals surface area contributed by atoms with Crippen LogP contribution in [0.4, 0.5) is 13.2 Å². The first kappa shape index (κ1) is 17.3. The smallest absolute Gasteiger partial charge is 0.322 e. The Morgan fingerprint density at radius 3 is 2.20 bits per heavy atom. The molecule has 0 bridgehead atoms. The third kappa shape index (κ3) is 3.87. The van der Waals surface area contributed by atoms with E-state index < -0.39 is 18.6 Å². The Balaban J connectivity index is 2.92. The minimum absolute atomic E-state index is 0.0729. The Kier molecular flexibility index (Phi) is 5.46. The van der Waals surface area contributed by atoms with E-state index in [4.69, 9.17) is 0 Å². The van der Waals surface area contributed by atoms with Gasteiger partial charge in [-0.2, -0.15) is 13.2 Å². The second-order valence-corrected chi connectivity index (χ2v) is 6.13. The van der Waals surface area contributed by atoms with Crippen LogP contribution in [0.25, 0.3) is 0 Å². The molecule has 1 rings (SSSR count). The molecule has 6 heteroatoms. The maximum Gasteiger partial charge on any atom is 0.391 e. The van der Waals surface area contributed by atoms with E-state index >= 15 is 0 Å². The van der Waals surface area contributed by atoms with E-state index in [1.54, 1.807) is 0 Å². The van der Waals surface area contributed by atoms with E-state index in [9.17, 15) is 18.0 Å². The topological polar surface area (TPSA) is 32.3 Å². The lowest BCUT2D eigenvalue weighted by Crippen LogP contribution is -2.47. The van der Waals surface area contributed by atoms with Crippen LogP contribution in [0.2, 0.25) is 0 Å². The van der Waals surface area contributed by atoms with Gasteiger partial charge in [0.15, 0.2) is 0 Å². The van der Waals surface area contributed by atoms with Gasteiger partial charge in [-0.3, -0.25) is 10.1 Å². The zero-order valence-corrected chi connectivity index (χ0v) is 12.8. The maximum absolute atomic E-state index is 12.6. The monoisotopic (exact) mass is 294 g/mol. The van der Waals surface area contributed by atoms with Gasteiger partial charge in [0.05, 0.1) is 18.6 Å². The van der Waals surface area contributed by atoms with Crippen LogP contribution in [0.15, 0.2) is 0 Å². The number of nitrogens with one attached hydrogen (secondary N) is 1. The number of nitrogens with zero attached hydrogens (tertiary/aromatic N) is 1. The Morgan fingerprint density at radius 2 is 1.80 bits per heavy atom. The van der Waals surface area contributed by atoms with Crippen LogP contribution < -0.4 is 5.32 Å². The van der Waals surface area contributed by atoms with Crippen molar-refractivity contribution in [3.05, 3.63) is 0 Å². The number of halogens is 3. The summed E-state index contributed by atoms with van der Waals surface area (Å²) in [5, 5.41) is 3.22. The lowest BCUT2D eigenvalue weighted by molar-refractivity contribution is -0.154. The number of alkyl halides is 3. The van der Waals surface area contributed by atoms with Crippen LogP contribution in [-0.4, -0.2) is 35.2 Å². The highest BCUT2D eigenvalue weighted by Gasteiger charge is 2.46. The average molecular weight is 294 g/mol. The Hall–Kier alpha value is -0.780. The predicted molar refractivity (Wildman–Crippen MR) is 72.0 cm³/mol. The number of hydrogen-bond donors (Lipinski definition) is 1. The van der Waals surface area contributed by atoms with Crippen molar-refractivity contribution >= 4 is 5.91 Å². The highest BCUT2D eigenvalue weighted by molar-refractivity contribution is 5.85. The molecule has 0 saturated carbocycles. The summed E-state index contributed by atoms with van der Waals surface area (Å²) in [6.45, 7) is 9.23. The molecule has 1 saturated heterocycles. The van der Waals surface area contributed by atoms with Crippen LogP contribution in [0.3, 0.4) is 0 Å². The summed E-state index contributed by atoms with van der Waals surface area (Å²) < 4.78 is 37.7. The van der Waals surface area contributed by atoms with E-state index in [1.165, 1.54) is 11.8 Å². The quantitative estimate of drug-likeness (QED) is 0.845. The van der Waals surface area contributed by atoms with Gasteiger partial charge in [-0.15, -0.1) is 0 Å². The van der Waals surface area contributed by atoms with Crippen LogP contribution in [0.5, 0.6) is 0 Å². The molecule has 0 spiro atoms. The summed E-state index contributed by atoms with van der Waals surface area (Å²) in [5.41, 5.74) is 0. The zero-order chi connectivity index (χ0) is 15.7. The standard InChI is InChI=1S/C14H25F3N2O/c1-6-9(4)11-13(20)19(12(18-11)8(2)3)10(5)7-14(15,16)17/h8-12,18H,6-7H2,1-5H3. The normalized spacial score (nSPS) is 27.2. The summed E-state index contributed by atoms with van der Waals surface area (Å²) >= 11 is 0. The third-order valence-corrected chi connectivity index (χ3v) is 4.02. The fourth-order valence-electron chi connectivity index (χ4n) is 2.71. The van der Waals surface area contributed by atoms with Crippen molar-refractivity contribution in [1.29, 1.82) is 0 Å². The molecule has 0 aliphatic carbocycles. The molecule has 118 valence electrons. The minimum Gasteiger partial charge on any atom is -0.322 e. The number of amides is 1. The Labute approximate surface area is 118 Å². The van der Waals surface area contributed by atoms with Crippen LogP contribution in [-0.2, 0) is 4.79 Å². The van der Waals surface area contributed by atoms with Gasteiger partial charge >= 0.3 is 6.18 Å². The van der Waals surface area contributed by atoms with Crippen molar-refractivity contribution in [1.82, 2.24) is 10.2 Å². The molecule has 1 aliphatic heterocycles. The molecule has 4 atom stereocenters. The van der Waals surface area contributed by atoms with Crippen molar-refractivity contribution in [3.8, 4) is 0 Å². The van der Waals surface area contributed by atoms with E-state index in [0.717, 1.165) is 6.42 Å². The molecule has 1 fully saturated rings. The first-order valence-electron chi connectivity index (χ1n) is 7.23. The van der Waals surface area contributed by atoms with Crippen LogP contribution in [0.1, 0.15) is 47.5 Å². The summed E-state index contributed by atoms with van der Waals surface area (Å²) in [7, 11) is 0. The minimum atomic E-state index is -4.25. The summed E-state index contributed by atoms with van der Waals surface area (Å²) in [6, 6.07) is -1.21. The van der Waals surface area contributed by atoms with E-state index in [-0.39, 0.29) is 30.0 Å². The first-order valence-corrected chi connectivity index (χ1v) is 7.23. The van der Waals surface area contributed by atoms with Gasteiger partial charge < -0.3 is 4.90 Å². The third-order valence-electron chi connectivity index (χ3n) is 4.02. The van der Waals surface area contributed by atoms with Gasteiger partial charge in [0, 0.05) is 6.04 Å². The van der Waals surface area contributed by atoms with Crippen molar-refractivity contribution in [2.45, 2.75) is 71.9 Å². The Morgan fingerprint density at radius 1 is 1.25 bits per heavy atom. The van der Waals surface area contributed by atoms with Gasteiger partial charge in [-0.1, -0.05) is 34.1 Å². The zero-order valence-electron chi connectivity index (χ0n) is 12.8. The summed E-state index contributed by atoms with van der Waals surface area (Å²) in [4.78, 5) is 13.8. The molecule has 1 amide bonds.